The lowest BCUT2D eigenvalue weighted by Gasteiger charge is -2.22. The van der Waals surface area contributed by atoms with Gasteiger partial charge < -0.3 is 15.3 Å². The fraction of sp³-hybridized carbons (Fsp3) is 0.318. The highest BCUT2D eigenvalue weighted by molar-refractivity contribution is 5.85. The minimum atomic E-state index is -0.918. The van der Waals surface area contributed by atoms with Crippen LogP contribution in [0.3, 0.4) is 0 Å². The number of anilines is 2. The SMILES string of the molecule is CCN(CC)c1ccc(NC2CCc3cc(/C=C/C(=O)O)ccc32)cc1. The molecule has 0 aliphatic heterocycles. The van der Waals surface area contributed by atoms with E-state index in [0.717, 1.165) is 37.2 Å². The van der Waals surface area contributed by atoms with Crippen molar-refractivity contribution in [1.29, 1.82) is 0 Å². The first-order valence-corrected chi connectivity index (χ1v) is 9.26. The van der Waals surface area contributed by atoms with Crippen molar-refractivity contribution >= 4 is 23.4 Å². The largest absolute Gasteiger partial charge is 0.478 e. The van der Waals surface area contributed by atoms with Crippen LogP contribution in [0, 0.1) is 0 Å². The Kier molecular flexibility index (Phi) is 5.61. The third-order valence-electron chi connectivity index (χ3n) is 5.00. The van der Waals surface area contributed by atoms with Gasteiger partial charge in [0.1, 0.15) is 0 Å². The predicted molar refractivity (Wildman–Crippen MR) is 108 cm³/mol. The first kappa shape index (κ1) is 18.1. The average molecular weight is 350 g/mol. The van der Waals surface area contributed by atoms with Gasteiger partial charge in [-0.3, -0.25) is 0 Å². The van der Waals surface area contributed by atoms with Crippen LogP contribution in [0.5, 0.6) is 0 Å². The monoisotopic (exact) mass is 350 g/mol. The summed E-state index contributed by atoms with van der Waals surface area (Å²) in [6, 6.07) is 15.1. The second-order valence-corrected chi connectivity index (χ2v) is 6.58. The summed E-state index contributed by atoms with van der Waals surface area (Å²) in [7, 11) is 0. The molecular formula is C22H26N2O2. The Hall–Kier alpha value is -2.75. The molecule has 26 heavy (non-hydrogen) atoms. The molecule has 136 valence electrons. The summed E-state index contributed by atoms with van der Waals surface area (Å²) in [6.45, 7) is 6.37. The van der Waals surface area contributed by atoms with Gasteiger partial charge in [-0.15, -0.1) is 0 Å². The van der Waals surface area contributed by atoms with E-state index < -0.39 is 5.97 Å². The van der Waals surface area contributed by atoms with Crippen LogP contribution in [-0.4, -0.2) is 24.2 Å². The van der Waals surface area contributed by atoms with Gasteiger partial charge in [-0.05, 0) is 73.7 Å². The number of benzene rings is 2. The Bertz CT molecular complexity index is 792. The van der Waals surface area contributed by atoms with E-state index in [1.165, 1.54) is 22.9 Å². The number of aryl methyl sites for hydroxylation is 1. The molecule has 1 aliphatic carbocycles. The third kappa shape index (κ3) is 4.07. The molecule has 0 amide bonds. The number of nitrogens with one attached hydrogen (secondary N) is 1. The van der Waals surface area contributed by atoms with Gasteiger partial charge in [0.2, 0.25) is 0 Å². The predicted octanol–water partition coefficient (Wildman–Crippen LogP) is 4.73. The van der Waals surface area contributed by atoms with E-state index in [4.69, 9.17) is 5.11 Å². The Labute approximate surface area is 155 Å². The smallest absolute Gasteiger partial charge is 0.328 e. The van der Waals surface area contributed by atoms with Gasteiger partial charge in [-0.2, -0.15) is 0 Å². The number of hydrogen-bond acceptors (Lipinski definition) is 3. The van der Waals surface area contributed by atoms with Crippen LogP contribution >= 0.6 is 0 Å². The van der Waals surface area contributed by atoms with Crippen LogP contribution in [0.15, 0.2) is 48.5 Å². The first-order valence-electron chi connectivity index (χ1n) is 9.26. The molecule has 4 heteroatoms. The number of carboxylic acid groups (broad SMARTS) is 1. The molecule has 1 atom stereocenters. The molecule has 0 spiro atoms. The number of aliphatic carboxylic acids is 1. The molecule has 2 aromatic carbocycles. The molecule has 0 saturated heterocycles. The third-order valence-corrected chi connectivity index (χ3v) is 5.00. The molecule has 0 fully saturated rings. The van der Waals surface area contributed by atoms with Crippen molar-refractivity contribution in [3.8, 4) is 0 Å². The molecular weight excluding hydrogens is 324 g/mol. The van der Waals surface area contributed by atoms with Crippen LogP contribution in [0.25, 0.3) is 6.08 Å². The molecule has 2 N–H and O–H groups in total. The lowest BCUT2D eigenvalue weighted by atomic mass is 10.0. The number of rotatable bonds is 7. The van der Waals surface area contributed by atoms with Gasteiger partial charge in [0, 0.05) is 30.5 Å². The van der Waals surface area contributed by atoms with E-state index in [2.05, 4.69) is 60.5 Å². The minimum absolute atomic E-state index is 0.307. The van der Waals surface area contributed by atoms with Crippen molar-refractivity contribution in [2.75, 3.05) is 23.3 Å². The quantitative estimate of drug-likeness (QED) is 0.709. The maximum Gasteiger partial charge on any atom is 0.328 e. The Morgan fingerprint density at radius 1 is 1.19 bits per heavy atom. The Morgan fingerprint density at radius 3 is 2.58 bits per heavy atom. The summed E-state index contributed by atoms with van der Waals surface area (Å²) in [6.07, 6.45) is 4.90. The maximum atomic E-state index is 10.7. The molecule has 2 aromatic rings. The Morgan fingerprint density at radius 2 is 1.92 bits per heavy atom. The van der Waals surface area contributed by atoms with E-state index in [9.17, 15) is 4.79 Å². The summed E-state index contributed by atoms with van der Waals surface area (Å²) >= 11 is 0. The lowest BCUT2D eigenvalue weighted by Crippen LogP contribution is -2.21. The highest BCUT2D eigenvalue weighted by atomic mass is 16.4. The second-order valence-electron chi connectivity index (χ2n) is 6.58. The standard InChI is InChI=1S/C22H26N2O2/c1-3-24(4-2)19-10-8-18(9-11-19)23-21-13-7-17-15-16(5-12-20(17)21)6-14-22(25)26/h5-6,8-12,14-15,21,23H,3-4,7,13H2,1-2H3,(H,25,26)/b14-6+. The lowest BCUT2D eigenvalue weighted by molar-refractivity contribution is -0.131. The van der Waals surface area contributed by atoms with Crippen molar-refractivity contribution in [2.24, 2.45) is 0 Å². The van der Waals surface area contributed by atoms with E-state index in [1.54, 1.807) is 6.08 Å². The number of hydrogen-bond donors (Lipinski definition) is 2. The highest BCUT2D eigenvalue weighted by Gasteiger charge is 2.22. The molecule has 0 saturated carbocycles. The molecule has 4 nitrogen and oxygen atoms in total. The summed E-state index contributed by atoms with van der Waals surface area (Å²) < 4.78 is 0. The van der Waals surface area contributed by atoms with E-state index >= 15 is 0 Å². The average Bonchev–Trinajstić information content (AvgIpc) is 3.04. The van der Waals surface area contributed by atoms with Gasteiger partial charge in [0.05, 0.1) is 6.04 Å². The summed E-state index contributed by atoms with van der Waals surface area (Å²) in [5.74, 6) is -0.918. The van der Waals surface area contributed by atoms with Crippen LogP contribution in [0.2, 0.25) is 0 Å². The molecule has 3 rings (SSSR count). The van der Waals surface area contributed by atoms with Crippen LogP contribution in [0.4, 0.5) is 11.4 Å². The van der Waals surface area contributed by atoms with E-state index in [1.807, 2.05) is 6.07 Å². The van der Waals surface area contributed by atoms with E-state index in [0.29, 0.717) is 6.04 Å². The second kappa shape index (κ2) is 8.09. The van der Waals surface area contributed by atoms with Crippen molar-refractivity contribution in [1.82, 2.24) is 0 Å². The minimum Gasteiger partial charge on any atom is -0.478 e. The van der Waals surface area contributed by atoms with Gasteiger partial charge in [-0.25, -0.2) is 4.79 Å². The summed E-state index contributed by atoms with van der Waals surface area (Å²) in [5.41, 5.74) is 5.94. The molecule has 0 radical (unpaired) electrons. The van der Waals surface area contributed by atoms with Crippen LogP contribution in [-0.2, 0) is 11.2 Å². The summed E-state index contributed by atoms with van der Waals surface area (Å²) in [4.78, 5) is 13.0. The van der Waals surface area contributed by atoms with Crippen molar-refractivity contribution in [3.63, 3.8) is 0 Å². The highest BCUT2D eigenvalue weighted by Crippen LogP contribution is 2.35. The Balaban J connectivity index is 1.71. The fourth-order valence-electron chi connectivity index (χ4n) is 3.62. The topological polar surface area (TPSA) is 52.6 Å². The van der Waals surface area contributed by atoms with E-state index in [-0.39, 0.29) is 0 Å². The van der Waals surface area contributed by atoms with Crippen molar-refractivity contribution in [3.05, 3.63) is 65.2 Å². The number of carbonyl (C=O) groups is 1. The van der Waals surface area contributed by atoms with Gasteiger partial charge in [0.15, 0.2) is 0 Å². The molecule has 0 aromatic heterocycles. The molecule has 0 heterocycles. The number of carboxylic acids is 1. The van der Waals surface area contributed by atoms with Gasteiger partial charge in [0.25, 0.3) is 0 Å². The van der Waals surface area contributed by atoms with Crippen LogP contribution in [0.1, 0.15) is 43.0 Å². The van der Waals surface area contributed by atoms with Crippen molar-refractivity contribution in [2.45, 2.75) is 32.7 Å². The number of nitrogens with zero attached hydrogens (tertiary/aromatic N) is 1. The first-order chi connectivity index (χ1) is 12.6. The maximum absolute atomic E-state index is 10.7. The molecule has 1 unspecified atom stereocenters. The zero-order chi connectivity index (χ0) is 18.5. The van der Waals surface area contributed by atoms with Crippen LogP contribution < -0.4 is 10.2 Å². The zero-order valence-corrected chi connectivity index (χ0v) is 15.4. The van der Waals surface area contributed by atoms with Gasteiger partial charge >= 0.3 is 5.97 Å². The molecule has 1 aliphatic rings. The number of fused-ring (bicyclic) bond motifs is 1. The normalized spacial score (nSPS) is 15.8. The van der Waals surface area contributed by atoms with Crippen molar-refractivity contribution < 1.29 is 9.90 Å². The zero-order valence-electron chi connectivity index (χ0n) is 15.4. The summed E-state index contributed by atoms with van der Waals surface area (Å²) in [5, 5.41) is 12.4. The molecule has 0 bridgehead atoms. The fourth-order valence-corrected chi connectivity index (χ4v) is 3.62. The van der Waals surface area contributed by atoms with Gasteiger partial charge in [-0.1, -0.05) is 18.2 Å².